The van der Waals surface area contributed by atoms with Crippen molar-refractivity contribution in [2.45, 2.75) is 12.5 Å². The third-order valence-electron chi connectivity index (χ3n) is 4.55. The third kappa shape index (κ3) is 2.45. The molecule has 0 bridgehead atoms. The van der Waals surface area contributed by atoms with Crippen molar-refractivity contribution in [1.29, 1.82) is 0 Å². The number of benzene rings is 2. The Morgan fingerprint density at radius 1 is 1.08 bits per heavy atom. The Morgan fingerprint density at radius 3 is 2.68 bits per heavy atom. The van der Waals surface area contributed by atoms with Gasteiger partial charge in [-0.05, 0) is 23.8 Å². The van der Waals surface area contributed by atoms with Gasteiger partial charge in [-0.25, -0.2) is 4.79 Å². The zero-order chi connectivity index (χ0) is 17.4. The first-order valence-corrected chi connectivity index (χ1v) is 8.04. The molecular weight excluding hydrogens is 316 g/mol. The van der Waals surface area contributed by atoms with E-state index in [1.807, 2.05) is 48.5 Å². The van der Waals surface area contributed by atoms with E-state index in [1.54, 1.807) is 17.2 Å². The summed E-state index contributed by atoms with van der Waals surface area (Å²) in [6.45, 7) is 0. The number of amides is 1. The fraction of sp³-hybridized carbons (Fsp3) is 0.150. The summed E-state index contributed by atoms with van der Waals surface area (Å²) in [6.07, 6.45) is 2.07. The Labute approximate surface area is 144 Å². The molecule has 0 fully saturated rings. The SMILES string of the molecule is COC(=O)[C@@H]1Cc2ccccc2N1C(=O)c1ccnc2ccccc12. The van der Waals surface area contributed by atoms with E-state index in [-0.39, 0.29) is 5.91 Å². The summed E-state index contributed by atoms with van der Waals surface area (Å²) in [5.41, 5.74) is 2.99. The molecule has 1 amide bonds. The molecular formula is C20H16N2O3. The first-order chi connectivity index (χ1) is 12.2. The highest BCUT2D eigenvalue weighted by atomic mass is 16.5. The Morgan fingerprint density at radius 2 is 1.84 bits per heavy atom. The van der Waals surface area contributed by atoms with Crippen LogP contribution in [0.2, 0.25) is 0 Å². The minimum Gasteiger partial charge on any atom is -0.467 e. The first-order valence-electron chi connectivity index (χ1n) is 8.04. The number of nitrogens with zero attached hydrogens (tertiary/aromatic N) is 2. The summed E-state index contributed by atoms with van der Waals surface area (Å²) < 4.78 is 4.92. The molecule has 5 heteroatoms. The van der Waals surface area contributed by atoms with Crippen LogP contribution in [-0.4, -0.2) is 30.0 Å². The van der Waals surface area contributed by atoms with Gasteiger partial charge in [0, 0.05) is 23.7 Å². The fourth-order valence-electron chi connectivity index (χ4n) is 3.37. The van der Waals surface area contributed by atoms with Crippen LogP contribution in [0.15, 0.2) is 60.8 Å². The Balaban J connectivity index is 1.85. The number of hydrogen-bond donors (Lipinski definition) is 0. The quantitative estimate of drug-likeness (QED) is 0.677. The largest absolute Gasteiger partial charge is 0.467 e. The molecule has 5 nitrogen and oxygen atoms in total. The molecule has 4 rings (SSSR count). The van der Waals surface area contributed by atoms with Crippen molar-refractivity contribution in [3.8, 4) is 0 Å². The van der Waals surface area contributed by atoms with Gasteiger partial charge in [0.15, 0.2) is 0 Å². The topological polar surface area (TPSA) is 59.5 Å². The third-order valence-corrected chi connectivity index (χ3v) is 4.55. The maximum absolute atomic E-state index is 13.3. The van der Waals surface area contributed by atoms with Crippen molar-refractivity contribution >= 4 is 28.5 Å². The maximum atomic E-state index is 13.3. The van der Waals surface area contributed by atoms with Crippen LogP contribution < -0.4 is 4.90 Å². The number of methoxy groups -OCH3 is 1. The van der Waals surface area contributed by atoms with Crippen LogP contribution >= 0.6 is 0 Å². The summed E-state index contributed by atoms with van der Waals surface area (Å²) in [7, 11) is 1.34. The monoisotopic (exact) mass is 332 g/mol. The van der Waals surface area contributed by atoms with Gasteiger partial charge >= 0.3 is 5.97 Å². The van der Waals surface area contributed by atoms with Crippen molar-refractivity contribution < 1.29 is 14.3 Å². The predicted octanol–water partition coefficient (Wildman–Crippen LogP) is 2.98. The van der Waals surface area contributed by atoms with Crippen molar-refractivity contribution in [1.82, 2.24) is 4.98 Å². The summed E-state index contributed by atoms with van der Waals surface area (Å²) in [4.78, 5) is 31.5. The van der Waals surface area contributed by atoms with E-state index in [4.69, 9.17) is 4.74 Å². The average Bonchev–Trinajstić information content (AvgIpc) is 3.06. The van der Waals surface area contributed by atoms with E-state index in [2.05, 4.69) is 4.98 Å². The van der Waals surface area contributed by atoms with E-state index in [9.17, 15) is 9.59 Å². The lowest BCUT2D eigenvalue weighted by Gasteiger charge is -2.24. The number of para-hydroxylation sites is 2. The van der Waals surface area contributed by atoms with Crippen molar-refractivity contribution in [3.63, 3.8) is 0 Å². The van der Waals surface area contributed by atoms with Crippen LogP contribution in [0.25, 0.3) is 10.9 Å². The first kappa shape index (κ1) is 15.3. The summed E-state index contributed by atoms with van der Waals surface area (Å²) in [6, 6.07) is 16.1. The average molecular weight is 332 g/mol. The second kappa shape index (κ2) is 6.02. The smallest absolute Gasteiger partial charge is 0.329 e. The van der Waals surface area contributed by atoms with Crippen LogP contribution in [-0.2, 0) is 16.0 Å². The minimum atomic E-state index is -0.651. The minimum absolute atomic E-state index is 0.223. The molecule has 0 radical (unpaired) electrons. The second-order valence-corrected chi connectivity index (χ2v) is 5.92. The van der Waals surface area contributed by atoms with Gasteiger partial charge in [-0.2, -0.15) is 0 Å². The van der Waals surface area contributed by atoms with Crippen LogP contribution in [0.1, 0.15) is 15.9 Å². The Kier molecular flexibility index (Phi) is 3.69. The molecule has 124 valence electrons. The zero-order valence-corrected chi connectivity index (χ0v) is 13.7. The van der Waals surface area contributed by atoms with E-state index in [0.717, 1.165) is 22.2 Å². The number of carbonyl (C=O) groups is 2. The van der Waals surface area contributed by atoms with Crippen LogP contribution in [0, 0.1) is 0 Å². The van der Waals surface area contributed by atoms with Crippen LogP contribution in [0.3, 0.4) is 0 Å². The fourth-order valence-corrected chi connectivity index (χ4v) is 3.37. The number of aromatic nitrogens is 1. The lowest BCUT2D eigenvalue weighted by Crippen LogP contribution is -2.43. The van der Waals surface area contributed by atoms with Crippen molar-refractivity contribution in [3.05, 3.63) is 71.9 Å². The van der Waals surface area contributed by atoms with Crippen molar-refractivity contribution in [2.75, 3.05) is 12.0 Å². The van der Waals surface area contributed by atoms with Gasteiger partial charge in [-0.3, -0.25) is 14.7 Å². The van der Waals surface area contributed by atoms with E-state index in [0.29, 0.717) is 12.0 Å². The highest BCUT2D eigenvalue weighted by Crippen LogP contribution is 2.34. The van der Waals surface area contributed by atoms with Crippen molar-refractivity contribution in [2.24, 2.45) is 0 Å². The number of anilines is 1. The second-order valence-electron chi connectivity index (χ2n) is 5.92. The zero-order valence-electron chi connectivity index (χ0n) is 13.7. The molecule has 1 atom stereocenters. The molecule has 0 spiro atoms. The molecule has 1 aliphatic heterocycles. The van der Waals surface area contributed by atoms with Gasteiger partial charge in [-0.15, -0.1) is 0 Å². The van der Waals surface area contributed by atoms with Crippen LogP contribution in [0.5, 0.6) is 0 Å². The molecule has 0 unspecified atom stereocenters. The van der Waals surface area contributed by atoms with Gasteiger partial charge < -0.3 is 4.74 Å². The number of pyridine rings is 1. The molecule has 0 aliphatic carbocycles. The van der Waals surface area contributed by atoms with Gasteiger partial charge in [-0.1, -0.05) is 36.4 Å². The number of ether oxygens (including phenoxy) is 1. The summed E-state index contributed by atoms with van der Waals surface area (Å²) in [5, 5.41) is 0.767. The van der Waals surface area contributed by atoms with E-state index in [1.165, 1.54) is 7.11 Å². The molecule has 25 heavy (non-hydrogen) atoms. The normalized spacial score (nSPS) is 15.9. The molecule has 1 aromatic heterocycles. The van der Waals surface area contributed by atoms with Gasteiger partial charge in [0.1, 0.15) is 6.04 Å². The van der Waals surface area contributed by atoms with E-state index >= 15 is 0 Å². The van der Waals surface area contributed by atoms with Gasteiger partial charge in [0.2, 0.25) is 0 Å². The molecule has 2 aromatic carbocycles. The molecule has 1 aliphatic rings. The number of hydrogen-bond acceptors (Lipinski definition) is 4. The lowest BCUT2D eigenvalue weighted by molar-refractivity contribution is -0.141. The Bertz CT molecular complexity index is 978. The van der Waals surface area contributed by atoms with Crippen LogP contribution in [0.4, 0.5) is 5.69 Å². The highest BCUT2D eigenvalue weighted by Gasteiger charge is 2.39. The maximum Gasteiger partial charge on any atom is 0.329 e. The Hall–Kier alpha value is -3.21. The van der Waals surface area contributed by atoms with Gasteiger partial charge in [0.25, 0.3) is 5.91 Å². The molecule has 2 heterocycles. The number of rotatable bonds is 2. The summed E-state index contributed by atoms with van der Waals surface area (Å²) >= 11 is 0. The molecule has 3 aromatic rings. The number of esters is 1. The highest BCUT2D eigenvalue weighted by molar-refractivity contribution is 6.16. The molecule has 0 saturated heterocycles. The molecule has 0 saturated carbocycles. The number of fused-ring (bicyclic) bond motifs is 2. The predicted molar refractivity (Wildman–Crippen MR) is 94.5 cm³/mol. The van der Waals surface area contributed by atoms with Gasteiger partial charge in [0.05, 0.1) is 18.2 Å². The number of carbonyl (C=O) groups excluding carboxylic acids is 2. The standard InChI is InChI=1S/C20H16N2O3/c1-25-20(24)18-12-13-6-2-5-9-17(13)22(18)19(23)15-10-11-21-16-8-4-3-7-14(15)16/h2-11,18H,12H2,1H3/t18-/m0/s1. The van der Waals surface area contributed by atoms with E-state index < -0.39 is 12.0 Å². The molecule has 0 N–H and O–H groups in total. The lowest BCUT2D eigenvalue weighted by atomic mass is 10.1. The summed E-state index contributed by atoms with van der Waals surface area (Å²) in [5.74, 6) is -0.637.